The van der Waals surface area contributed by atoms with Gasteiger partial charge in [-0.3, -0.25) is 4.79 Å². The normalized spacial score (nSPS) is 9.92. The Morgan fingerprint density at radius 2 is 2.23 bits per heavy atom. The Balaban J connectivity index is 3.47. The lowest BCUT2D eigenvalue weighted by molar-refractivity contribution is 0.0689. The number of aromatic amines is 1. The molecule has 7 heteroatoms. The highest BCUT2D eigenvalue weighted by atomic mass is 19.1. The number of alkyl halides is 1. The average Bonchev–Trinajstić information content (AvgIpc) is 2.03. The van der Waals surface area contributed by atoms with Gasteiger partial charge in [-0.1, -0.05) is 0 Å². The lowest BCUT2D eigenvalue weighted by Gasteiger charge is -1.97. The lowest BCUT2D eigenvalue weighted by Crippen LogP contribution is -2.35. The van der Waals surface area contributed by atoms with E-state index in [1.165, 1.54) is 0 Å². The van der Waals surface area contributed by atoms with E-state index in [0.29, 0.717) is 6.07 Å². The highest BCUT2D eigenvalue weighted by molar-refractivity contribution is 5.84. The molecule has 0 amide bonds. The number of aromatic carboxylic acids is 1. The molecular formula is C6H5FN2O4. The van der Waals surface area contributed by atoms with Crippen LogP contribution in [0.1, 0.15) is 10.5 Å². The summed E-state index contributed by atoms with van der Waals surface area (Å²) in [5, 5.41) is 8.39. The zero-order valence-corrected chi connectivity index (χ0v) is 6.28. The minimum absolute atomic E-state index is 0.242. The van der Waals surface area contributed by atoms with Crippen LogP contribution < -0.4 is 11.2 Å². The van der Waals surface area contributed by atoms with Gasteiger partial charge >= 0.3 is 11.7 Å². The fraction of sp³-hybridized carbons (Fsp3) is 0.167. The van der Waals surface area contributed by atoms with E-state index in [-0.39, 0.29) is 4.57 Å². The zero-order valence-electron chi connectivity index (χ0n) is 6.28. The maximum Gasteiger partial charge on any atom is 0.352 e. The van der Waals surface area contributed by atoms with Crippen LogP contribution in [0.2, 0.25) is 0 Å². The molecule has 6 nitrogen and oxygen atoms in total. The Bertz CT molecular complexity index is 415. The molecule has 0 aliphatic carbocycles. The van der Waals surface area contributed by atoms with Gasteiger partial charge in [-0.15, -0.1) is 0 Å². The number of carbonyl (C=O) groups is 1. The van der Waals surface area contributed by atoms with Crippen molar-refractivity contribution in [3.05, 3.63) is 32.6 Å². The number of nitrogens with zero attached hydrogens (tertiary/aromatic N) is 1. The Labute approximate surface area is 70.3 Å². The fourth-order valence-electron chi connectivity index (χ4n) is 0.749. The predicted molar refractivity (Wildman–Crippen MR) is 39.4 cm³/mol. The highest BCUT2D eigenvalue weighted by Crippen LogP contribution is 1.84. The molecule has 1 rings (SSSR count). The smallest absolute Gasteiger partial charge is 0.352 e. The SMILES string of the molecule is O=C(O)c1cc(=O)n(CF)c(=O)[nH]1. The predicted octanol–water partition coefficient (Wildman–Crippen LogP) is -0.838. The van der Waals surface area contributed by atoms with Gasteiger partial charge < -0.3 is 10.1 Å². The molecule has 1 heterocycles. The van der Waals surface area contributed by atoms with Gasteiger partial charge in [0.05, 0.1) is 0 Å². The van der Waals surface area contributed by atoms with Crippen LogP contribution in [0.5, 0.6) is 0 Å². The van der Waals surface area contributed by atoms with E-state index >= 15 is 0 Å². The monoisotopic (exact) mass is 188 g/mol. The first-order chi connectivity index (χ1) is 6.06. The molecule has 1 aromatic rings. The van der Waals surface area contributed by atoms with E-state index in [9.17, 15) is 18.8 Å². The van der Waals surface area contributed by atoms with Crippen LogP contribution in [-0.4, -0.2) is 20.6 Å². The first-order valence-electron chi connectivity index (χ1n) is 3.19. The third-order valence-corrected chi connectivity index (χ3v) is 1.37. The summed E-state index contributed by atoms with van der Waals surface area (Å²) in [6, 6.07) is 0.642. The van der Waals surface area contributed by atoms with Crippen molar-refractivity contribution >= 4 is 5.97 Å². The molecule has 1 aromatic heterocycles. The first-order valence-corrected chi connectivity index (χ1v) is 3.19. The summed E-state index contributed by atoms with van der Waals surface area (Å²) in [5.74, 6) is -1.44. The summed E-state index contributed by atoms with van der Waals surface area (Å²) in [7, 11) is 0. The van der Waals surface area contributed by atoms with Crippen molar-refractivity contribution < 1.29 is 14.3 Å². The number of hydrogen-bond acceptors (Lipinski definition) is 3. The van der Waals surface area contributed by atoms with Crippen molar-refractivity contribution in [2.45, 2.75) is 6.80 Å². The molecule has 0 fully saturated rings. The summed E-state index contributed by atoms with van der Waals surface area (Å²) >= 11 is 0. The molecule has 0 aromatic carbocycles. The number of aromatic nitrogens is 2. The van der Waals surface area contributed by atoms with Gasteiger partial charge in [0.1, 0.15) is 5.69 Å². The quantitative estimate of drug-likeness (QED) is 0.633. The van der Waals surface area contributed by atoms with Gasteiger partial charge in [0, 0.05) is 6.07 Å². The molecule has 0 bridgehead atoms. The maximum atomic E-state index is 12.0. The van der Waals surface area contributed by atoms with Crippen molar-refractivity contribution in [1.29, 1.82) is 0 Å². The van der Waals surface area contributed by atoms with E-state index < -0.39 is 29.7 Å². The number of nitrogens with one attached hydrogen (secondary N) is 1. The molecule has 2 N–H and O–H groups in total. The molecule has 0 aliphatic rings. The highest BCUT2D eigenvalue weighted by Gasteiger charge is 2.08. The van der Waals surface area contributed by atoms with E-state index in [1.54, 1.807) is 0 Å². The number of carboxylic acids is 1. The summed E-state index contributed by atoms with van der Waals surface area (Å²) in [4.78, 5) is 33.8. The average molecular weight is 188 g/mol. The third kappa shape index (κ3) is 1.63. The van der Waals surface area contributed by atoms with Gasteiger partial charge in [0.25, 0.3) is 5.56 Å². The van der Waals surface area contributed by atoms with Crippen LogP contribution >= 0.6 is 0 Å². The van der Waals surface area contributed by atoms with Crippen molar-refractivity contribution in [1.82, 2.24) is 9.55 Å². The fourth-order valence-corrected chi connectivity index (χ4v) is 0.749. The Morgan fingerprint density at radius 3 is 2.62 bits per heavy atom. The van der Waals surface area contributed by atoms with Crippen LogP contribution in [0.15, 0.2) is 15.7 Å². The molecule has 0 radical (unpaired) electrons. The molecular weight excluding hydrogens is 183 g/mol. The van der Waals surface area contributed by atoms with Crippen LogP contribution in [0, 0.1) is 0 Å². The Kier molecular flexibility index (Phi) is 2.27. The molecule has 0 aliphatic heterocycles. The maximum absolute atomic E-state index is 12.0. The lowest BCUT2D eigenvalue weighted by atomic mass is 10.4. The minimum Gasteiger partial charge on any atom is -0.477 e. The zero-order chi connectivity index (χ0) is 10.0. The van der Waals surface area contributed by atoms with Crippen LogP contribution in [-0.2, 0) is 6.80 Å². The van der Waals surface area contributed by atoms with Crippen LogP contribution in [0.25, 0.3) is 0 Å². The standard InChI is InChI=1S/C6H5FN2O4/c7-2-9-4(10)1-3(5(11)12)8-6(9)13/h1H,2H2,(H,8,13)(H,11,12). The molecule has 0 spiro atoms. The molecule has 0 saturated carbocycles. The van der Waals surface area contributed by atoms with Gasteiger partial charge in [0.2, 0.25) is 0 Å². The van der Waals surface area contributed by atoms with Gasteiger partial charge in [0.15, 0.2) is 6.80 Å². The Hall–Kier alpha value is -1.92. The second kappa shape index (κ2) is 3.21. The topological polar surface area (TPSA) is 92.2 Å². The second-order valence-corrected chi connectivity index (χ2v) is 2.18. The van der Waals surface area contributed by atoms with Crippen LogP contribution in [0.3, 0.4) is 0 Å². The molecule has 13 heavy (non-hydrogen) atoms. The molecule has 0 atom stereocenters. The summed E-state index contributed by atoms with van der Waals surface area (Å²) in [5.41, 5.74) is -2.62. The van der Waals surface area contributed by atoms with E-state index in [4.69, 9.17) is 5.11 Å². The Morgan fingerprint density at radius 1 is 1.62 bits per heavy atom. The van der Waals surface area contributed by atoms with E-state index in [2.05, 4.69) is 0 Å². The summed E-state index contributed by atoms with van der Waals surface area (Å²) in [6.45, 7) is -1.28. The van der Waals surface area contributed by atoms with E-state index in [1.807, 2.05) is 4.98 Å². The van der Waals surface area contributed by atoms with Gasteiger partial charge in [-0.25, -0.2) is 18.5 Å². The number of H-pyrrole nitrogens is 1. The molecule has 0 saturated heterocycles. The third-order valence-electron chi connectivity index (χ3n) is 1.37. The second-order valence-electron chi connectivity index (χ2n) is 2.18. The number of carboxylic acid groups (broad SMARTS) is 1. The van der Waals surface area contributed by atoms with Crippen molar-refractivity contribution in [2.75, 3.05) is 0 Å². The van der Waals surface area contributed by atoms with Gasteiger partial charge in [-0.05, 0) is 0 Å². The molecule has 0 unspecified atom stereocenters. The number of rotatable bonds is 2. The van der Waals surface area contributed by atoms with Gasteiger partial charge in [-0.2, -0.15) is 0 Å². The van der Waals surface area contributed by atoms with Crippen molar-refractivity contribution in [2.24, 2.45) is 0 Å². The summed E-state index contributed by atoms with van der Waals surface area (Å²) < 4.78 is 12.2. The van der Waals surface area contributed by atoms with E-state index in [0.717, 1.165) is 0 Å². The summed E-state index contributed by atoms with van der Waals surface area (Å²) in [6.07, 6.45) is 0. The minimum atomic E-state index is -1.44. The largest absolute Gasteiger partial charge is 0.477 e. The van der Waals surface area contributed by atoms with Crippen LogP contribution in [0.4, 0.5) is 4.39 Å². The number of hydrogen-bond donors (Lipinski definition) is 2. The van der Waals surface area contributed by atoms with Crippen molar-refractivity contribution in [3.63, 3.8) is 0 Å². The first kappa shape index (κ1) is 9.17. The molecule has 70 valence electrons. The van der Waals surface area contributed by atoms with Crippen molar-refractivity contribution in [3.8, 4) is 0 Å². The number of halogens is 1.